The SMILES string of the molecule is CC=C(CC)NC(CCC(=O)O)C(=O)NC. The second-order valence-corrected chi connectivity index (χ2v) is 3.41. The second kappa shape index (κ2) is 7.73. The number of allylic oxidation sites excluding steroid dienone is 2. The van der Waals surface area contributed by atoms with Gasteiger partial charge < -0.3 is 15.7 Å². The van der Waals surface area contributed by atoms with Crippen molar-refractivity contribution < 1.29 is 14.7 Å². The smallest absolute Gasteiger partial charge is 0.303 e. The highest BCUT2D eigenvalue weighted by molar-refractivity contribution is 5.82. The van der Waals surface area contributed by atoms with Gasteiger partial charge in [0.1, 0.15) is 6.04 Å². The lowest BCUT2D eigenvalue weighted by Gasteiger charge is -2.19. The van der Waals surface area contributed by atoms with E-state index in [2.05, 4.69) is 10.6 Å². The molecule has 1 atom stereocenters. The van der Waals surface area contributed by atoms with Crippen LogP contribution in [0, 0.1) is 0 Å². The van der Waals surface area contributed by atoms with Crippen molar-refractivity contribution in [1.29, 1.82) is 0 Å². The van der Waals surface area contributed by atoms with E-state index in [0.717, 1.165) is 12.1 Å². The van der Waals surface area contributed by atoms with E-state index in [0.29, 0.717) is 0 Å². The number of hydrogen-bond acceptors (Lipinski definition) is 3. The van der Waals surface area contributed by atoms with Crippen molar-refractivity contribution in [2.24, 2.45) is 0 Å². The third-order valence-corrected chi connectivity index (χ3v) is 2.30. The lowest BCUT2D eigenvalue weighted by Crippen LogP contribution is -2.42. The van der Waals surface area contributed by atoms with Crippen molar-refractivity contribution in [1.82, 2.24) is 10.6 Å². The molecule has 0 aromatic heterocycles. The number of amides is 1. The minimum absolute atomic E-state index is 0.0220. The Hall–Kier alpha value is -1.52. The number of carboxylic acids is 1. The fourth-order valence-corrected chi connectivity index (χ4v) is 1.32. The van der Waals surface area contributed by atoms with E-state index in [-0.39, 0.29) is 18.7 Å². The molecule has 0 radical (unpaired) electrons. The molecular weight excluding hydrogens is 208 g/mol. The minimum atomic E-state index is -0.894. The molecule has 0 heterocycles. The van der Waals surface area contributed by atoms with Gasteiger partial charge >= 0.3 is 5.97 Å². The molecule has 0 aliphatic rings. The third kappa shape index (κ3) is 5.38. The van der Waals surface area contributed by atoms with Gasteiger partial charge in [0.15, 0.2) is 0 Å². The highest BCUT2D eigenvalue weighted by Crippen LogP contribution is 2.03. The molecule has 5 nitrogen and oxygen atoms in total. The maximum Gasteiger partial charge on any atom is 0.303 e. The maximum atomic E-state index is 11.5. The Morgan fingerprint density at radius 1 is 1.44 bits per heavy atom. The summed E-state index contributed by atoms with van der Waals surface area (Å²) in [6.45, 7) is 3.85. The first kappa shape index (κ1) is 14.5. The first-order chi connectivity index (χ1) is 7.54. The van der Waals surface area contributed by atoms with Crippen LogP contribution < -0.4 is 10.6 Å². The van der Waals surface area contributed by atoms with Crippen LogP contribution in [0.15, 0.2) is 11.8 Å². The van der Waals surface area contributed by atoms with Crippen LogP contribution in [0.2, 0.25) is 0 Å². The topological polar surface area (TPSA) is 78.4 Å². The molecule has 16 heavy (non-hydrogen) atoms. The fourth-order valence-electron chi connectivity index (χ4n) is 1.32. The number of carbonyl (C=O) groups is 2. The van der Waals surface area contributed by atoms with Crippen molar-refractivity contribution in [3.63, 3.8) is 0 Å². The molecule has 0 aliphatic heterocycles. The highest BCUT2D eigenvalue weighted by atomic mass is 16.4. The molecule has 0 aromatic carbocycles. The summed E-state index contributed by atoms with van der Waals surface area (Å²) in [6, 6.07) is -0.479. The molecule has 0 spiro atoms. The van der Waals surface area contributed by atoms with E-state index in [1.807, 2.05) is 19.9 Å². The predicted octanol–water partition coefficient (Wildman–Crippen LogP) is 0.869. The number of likely N-dealkylation sites (N-methyl/N-ethyl adjacent to an activating group) is 1. The van der Waals surface area contributed by atoms with E-state index in [4.69, 9.17) is 5.11 Å². The first-order valence-electron chi connectivity index (χ1n) is 5.40. The molecule has 1 unspecified atom stereocenters. The average molecular weight is 228 g/mol. The fraction of sp³-hybridized carbons (Fsp3) is 0.636. The van der Waals surface area contributed by atoms with Crippen LogP contribution in [-0.4, -0.2) is 30.1 Å². The Morgan fingerprint density at radius 2 is 2.06 bits per heavy atom. The zero-order valence-corrected chi connectivity index (χ0v) is 10.0. The van der Waals surface area contributed by atoms with Crippen LogP contribution in [0.1, 0.15) is 33.1 Å². The number of carboxylic acid groups (broad SMARTS) is 1. The van der Waals surface area contributed by atoms with Gasteiger partial charge in [0.25, 0.3) is 0 Å². The molecule has 0 aromatic rings. The van der Waals surface area contributed by atoms with Gasteiger partial charge in [-0.25, -0.2) is 0 Å². The zero-order valence-electron chi connectivity index (χ0n) is 10.0. The lowest BCUT2D eigenvalue weighted by molar-refractivity contribution is -0.137. The normalized spacial score (nSPS) is 13.1. The third-order valence-electron chi connectivity index (χ3n) is 2.30. The van der Waals surface area contributed by atoms with Crippen LogP contribution in [0.25, 0.3) is 0 Å². The summed E-state index contributed by atoms with van der Waals surface area (Å²) in [5.74, 6) is -1.08. The van der Waals surface area contributed by atoms with Crippen molar-refractivity contribution in [2.75, 3.05) is 7.05 Å². The van der Waals surface area contributed by atoms with E-state index in [9.17, 15) is 9.59 Å². The molecular formula is C11H20N2O3. The molecule has 0 saturated heterocycles. The van der Waals surface area contributed by atoms with Crippen LogP contribution in [0.4, 0.5) is 0 Å². The monoisotopic (exact) mass is 228 g/mol. The summed E-state index contributed by atoms with van der Waals surface area (Å²) in [6.07, 6.45) is 2.94. The standard InChI is InChI=1S/C11H20N2O3/c1-4-8(5-2)13-9(11(16)12-3)6-7-10(14)15/h4,9,13H,5-7H2,1-3H3,(H,12,16)(H,14,15). The Balaban J connectivity index is 4.42. The van der Waals surface area contributed by atoms with E-state index < -0.39 is 12.0 Å². The van der Waals surface area contributed by atoms with Gasteiger partial charge in [0.05, 0.1) is 0 Å². The van der Waals surface area contributed by atoms with Gasteiger partial charge in [-0.3, -0.25) is 9.59 Å². The summed E-state index contributed by atoms with van der Waals surface area (Å²) >= 11 is 0. The first-order valence-corrected chi connectivity index (χ1v) is 5.40. The maximum absolute atomic E-state index is 11.5. The van der Waals surface area contributed by atoms with Gasteiger partial charge in [-0.05, 0) is 19.8 Å². The summed E-state index contributed by atoms with van der Waals surface area (Å²) in [5, 5.41) is 14.2. The Kier molecular flexibility index (Phi) is 7.00. The Labute approximate surface area is 95.9 Å². The zero-order chi connectivity index (χ0) is 12.6. The molecule has 92 valence electrons. The lowest BCUT2D eigenvalue weighted by atomic mass is 10.1. The van der Waals surface area contributed by atoms with E-state index in [1.54, 1.807) is 7.05 Å². The Bertz CT molecular complexity index is 274. The predicted molar refractivity (Wildman–Crippen MR) is 61.9 cm³/mol. The molecule has 0 aliphatic carbocycles. The summed E-state index contributed by atoms with van der Waals surface area (Å²) in [5.41, 5.74) is 0.944. The van der Waals surface area contributed by atoms with Crippen molar-refractivity contribution in [2.45, 2.75) is 39.2 Å². The summed E-state index contributed by atoms with van der Waals surface area (Å²) < 4.78 is 0. The quantitative estimate of drug-likeness (QED) is 0.604. The molecule has 3 N–H and O–H groups in total. The molecule has 5 heteroatoms. The molecule has 0 bridgehead atoms. The molecule has 0 fully saturated rings. The van der Waals surface area contributed by atoms with Crippen molar-refractivity contribution in [3.8, 4) is 0 Å². The number of aliphatic carboxylic acids is 1. The Morgan fingerprint density at radius 3 is 2.44 bits per heavy atom. The van der Waals surface area contributed by atoms with E-state index in [1.165, 1.54) is 0 Å². The summed E-state index contributed by atoms with van der Waals surface area (Å²) in [4.78, 5) is 22.0. The van der Waals surface area contributed by atoms with Gasteiger partial charge in [0.2, 0.25) is 5.91 Å². The van der Waals surface area contributed by atoms with Gasteiger partial charge in [-0.15, -0.1) is 0 Å². The number of nitrogens with one attached hydrogen (secondary N) is 2. The summed E-state index contributed by atoms with van der Waals surface area (Å²) in [7, 11) is 1.54. The van der Waals surface area contributed by atoms with E-state index >= 15 is 0 Å². The van der Waals surface area contributed by atoms with Gasteiger partial charge in [-0.2, -0.15) is 0 Å². The van der Waals surface area contributed by atoms with Gasteiger partial charge in [-0.1, -0.05) is 13.0 Å². The van der Waals surface area contributed by atoms with Crippen LogP contribution in [0.5, 0.6) is 0 Å². The second-order valence-electron chi connectivity index (χ2n) is 3.41. The minimum Gasteiger partial charge on any atom is -0.481 e. The molecule has 0 rings (SSSR count). The largest absolute Gasteiger partial charge is 0.481 e. The number of rotatable bonds is 7. The highest BCUT2D eigenvalue weighted by Gasteiger charge is 2.18. The average Bonchev–Trinajstić information content (AvgIpc) is 2.28. The van der Waals surface area contributed by atoms with Crippen LogP contribution >= 0.6 is 0 Å². The molecule has 0 saturated carbocycles. The number of hydrogen-bond donors (Lipinski definition) is 3. The van der Waals surface area contributed by atoms with Gasteiger partial charge in [0, 0.05) is 19.2 Å². The van der Waals surface area contributed by atoms with Crippen LogP contribution in [-0.2, 0) is 9.59 Å². The van der Waals surface area contributed by atoms with Crippen molar-refractivity contribution >= 4 is 11.9 Å². The van der Waals surface area contributed by atoms with Crippen LogP contribution in [0.3, 0.4) is 0 Å². The van der Waals surface area contributed by atoms with Crippen molar-refractivity contribution in [3.05, 3.63) is 11.8 Å². The number of carbonyl (C=O) groups excluding carboxylic acids is 1. The molecule has 1 amide bonds.